The molecule has 0 saturated carbocycles. The van der Waals surface area contributed by atoms with Gasteiger partial charge in [0, 0.05) is 11.1 Å². The van der Waals surface area contributed by atoms with Crippen molar-refractivity contribution in [3.8, 4) is 28.4 Å². The molecule has 1 aromatic heterocycles. The van der Waals surface area contributed by atoms with Gasteiger partial charge in [0.05, 0.1) is 32.9 Å². The van der Waals surface area contributed by atoms with E-state index < -0.39 is 5.82 Å². The lowest BCUT2D eigenvalue weighted by atomic mass is 9.96. The normalized spacial score (nSPS) is 10.7. The van der Waals surface area contributed by atoms with E-state index in [1.807, 2.05) is 0 Å². The number of methoxy groups -OCH3 is 3. The zero-order valence-electron chi connectivity index (χ0n) is 14.8. The minimum atomic E-state index is -0.501. The van der Waals surface area contributed by atoms with E-state index in [9.17, 15) is 4.39 Å². The highest BCUT2D eigenvalue weighted by molar-refractivity contribution is 6.33. The summed E-state index contributed by atoms with van der Waals surface area (Å²) >= 11 is 12.4. The van der Waals surface area contributed by atoms with Crippen LogP contribution in [0.1, 0.15) is 5.56 Å². The molecule has 3 aromatic rings. The molecule has 0 fully saturated rings. The maximum Gasteiger partial charge on any atom is 0.221 e. The SMILES string of the molecule is COc1cc(Cn2ncnc2Cl)c(-c2c(F)cccc2Cl)c(OC)c1OC. The Morgan fingerprint density at radius 2 is 1.78 bits per heavy atom. The highest BCUT2D eigenvalue weighted by atomic mass is 35.5. The maximum absolute atomic E-state index is 14.7. The fourth-order valence-corrected chi connectivity index (χ4v) is 3.26. The Kier molecular flexibility index (Phi) is 5.72. The third-order valence-corrected chi connectivity index (χ3v) is 4.62. The van der Waals surface area contributed by atoms with Crippen LogP contribution in [0.2, 0.25) is 10.3 Å². The minimum Gasteiger partial charge on any atom is -0.493 e. The molecule has 0 spiro atoms. The van der Waals surface area contributed by atoms with Gasteiger partial charge in [-0.1, -0.05) is 17.7 Å². The Morgan fingerprint density at radius 3 is 2.33 bits per heavy atom. The van der Waals surface area contributed by atoms with Gasteiger partial charge in [0.1, 0.15) is 12.1 Å². The van der Waals surface area contributed by atoms with Crippen LogP contribution in [0.3, 0.4) is 0 Å². The first-order valence-corrected chi connectivity index (χ1v) is 8.56. The predicted octanol–water partition coefficient (Wildman–Crippen LogP) is 4.47. The second-order valence-electron chi connectivity index (χ2n) is 5.46. The van der Waals surface area contributed by atoms with Crippen LogP contribution in [0.5, 0.6) is 17.2 Å². The topological polar surface area (TPSA) is 58.4 Å². The van der Waals surface area contributed by atoms with E-state index in [0.29, 0.717) is 22.6 Å². The molecule has 0 bridgehead atoms. The summed E-state index contributed by atoms with van der Waals surface area (Å²) in [7, 11) is 4.43. The third kappa shape index (κ3) is 3.52. The number of rotatable bonds is 6. The van der Waals surface area contributed by atoms with Crippen molar-refractivity contribution in [3.05, 3.63) is 52.3 Å². The Bertz CT molecular complexity index is 958. The fourth-order valence-electron chi connectivity index (χ4n) is 2.86. The second-order valence-corrected chi connectivity index (χ2v) is 6.21. The minimum absolute atomic E-state index is 0.184. The molecular formula is C18H16Cl2FN3O3. The van der Waals surface area contributed by atoms with Crippen LogP contribution in [0.4, 0.5) is 4.39 Å². The van der Waals surface area contributed by atoms with Crippen LogP contribution in [0, 0.1) is 5.82 Å². The highest BCUT2D eigenvalue weighted by Gasteiger charge is 2.26. The summed E-state index contributed by atoms with van der Waals surface area (Å²) in [6.45, 7) is 0.190. The third-order valence-electron chi connectivity index (χ3n) is 4.01. The average molecular weight is 412 g/mol. The number of ether oxygens (including phenoxy) is 3. The van der Waals surface area contributed by atoms with E-state index in [-0.39, 0.29) is 28.2 Å². The van der Waals surface area contributed by atoms with E-state index >= 15 is 0 Å². The van der Waals surface area contributed by atoms with Crippen LogP contribution in [-0.4, -0.2) is 36.1 Å². The summed E-state index contributed by atoms with van der Waals surface area (Å²) in [6.07, 6.45) is 1.33. The Hall–Kier alpha value is -2.51. The Labute approximate surface area is 165 Å². The first-order valence-electron chi connectivity index (χ1n) is 7.81. The zero-order valence-corrected chi connectivity index (χ0v) is 16.3. The standard InChI is InChI=1S/C18H16Cl2FN3O3/c1-25-13-7-10(8-24-18(20)22-9-23-24)14(17(27-3)16(13)26-2)15-11(19)5-4-6-12(15)21/h4-7,9H,8H2,1-3H3. The van der Waals surface area contributed by atoms with Crippen molar-refractivity contribution in [1.29, 1.82) is 0 Å². The van der Waals surface area contributed by atoms with E-state index in [4.69, 9.17) is 37.4 Å². The summed E-state index contributed by atoms with van der Waals surface area (Å²) in [4.78, 5) is 3.90. The smallest absolute Gasteiger partial charge is 0.221 e. The molecule has 3 rings (SSSR count). The van der Waals surface area contributed by atoms with E-state index in [2.05, 4.69) is 10.1 Å². The van der Waals surface area contributed by atoms with Gasteiger partial charge in [-0.05, 0) is 35.4 Å². The molecule has 0 aliphatic rings. The number of halogens is 3. The lowest BCUT2D eigenvalue weighted by molar-refractivity contribution is 0.324. The fraction of sp³-hybridized carbons (Fsp3) is 0.222. The van der Waals surface area contributed by atoms with Crippen LogP contribution in [-0.2, 0) is 6.54 Å². The van der Waals surface area contributed by atoms with Crippen LogP contribution in [0.25, 0.3) is 11.1 Å². The van der Waals surface area contributed by atoms with Gasteiger partial charge in [-0.2, -0.15) is 5.10 Å². The number of hydrogen-bond acceptors (Lipinski definition) is 5. The number of nitrogens with zero attached hydrogens (tertiary/aromatic N) is 3. The molecule has 1 heterocycles. The molecule has 142 valence electrons. The molecular weight excluding hydrogens is 396 g/mol. The first-order chi connectivity index (χ1) is 13.0. The quantitative estimate of drug-likeness (QED) is 0.598. The van der Waals surface area contributed by atoms with E-state index in [0.717, 1.165) is 0 Å². The number of aromatic nitrogens is 3. The van der Waals surface area contributed by atoms with Gasteiger partial charge in [0.25, 0.3) is 0 Å². The molecule has 0 unspecified atom stereocenters. The summed E-state index contributed by atoms with van der Waals surface area (Å²) in [5.74, 6) is 0.522. The molecule has 0 amide bonds. The summed E-state index contributed by atoms with van der Waals surface area (Å²) < 4.78 is 32.6. The Balaban J connectivity index is 2.35. The average Bonchev–Trinajstić information content (AvgIpc) is 3.06. The van der Waals surface area contributed by atoms with Crippen molar-refractivity contribution in [2.24, 2.45) is 0 Å². The van der Waals surface area contributed by atoms with Crippen LogP contribution < -0.4 is 14.2 Å². The lowest BCUT2D eigenvalue weighted by Crippen LogP contribution is -2.07. The zero-order chi connectivity index (χ0) is 19.6. The number of hydrogen-bond donors (Lipinski definition) is 0. The molecule has 0 aliphatic carbocycles. The predicted molar refractivity (Wildman–Crippen MR) is 101 cm³/mol. The second kappa shape index (κ2) is 8.02. The van der Waals surface area contributed by atoms with Gasteiger partial charge in [0.15, 0.2) is 11.5 Å². The van der Waals surface area contributed by atoms with Gasteiger partial charge >= 0.3 is 0 Å². The number of benzene rings is 2. The van der Waals surface area contributed by atoms with Crippen molar-refractivity contribution < 1.29 is 18.6 Å². The van der Waals surface area contributed by atoms with Gasteiger partial charge in [-0.3, -0.25) is 0 Å². The molecule has 27 heavy (non-hydrogen) atoms. The Morgan fingerprint density at radius 1 is 1.04 bits per heavy atom. The summed E-state index contributed by atoms with van der Waals surface area (Å²) in [6, 6.07) is 6.16. The maximum atomic E-state index is 14.7. The van der Waals surface area contributed by atoms with Crippen molar-refractivity contribution in [3.63, 3.8) is 0 Å². The molecule has 2 aromatic carbocycles. The molecule has 0 saturated heterocycles. The summed E-state index contributed by atoms with van der Waals surface area (Å²) in [5.41, 5.74) is 1.22. The van der Waals surface area contributed by atoms with Crippen LogP contribution >= 0.6 is 23.2 Å². The van der Waals surface area contributed by atoms with E-state index in [1.54, 1.807) is 12.1 Å². The molecule has 0 radical (unpaired) electrons. The highest BCUT2D eigenvalue weighted by Crippen LogP contribution is 2.49. The van der Waals surface area contributed by atoms with Crippen molar-refractivity contribution in [1.82, 2.24) is 14.8 Å². The molecule has 0 aliphatic heterocycles. The van der Waals surface area contributed by atoms with E-state index in [1.165, 1.54) is 44.5 Å². The van der Waals surface area contributed by atoms with Gasteiger partial charge in [0.2, 0.25) is 11.0 Å². The lowest BCUT2D eigenvalue weighted by Gasteiger charge is -2.21. The van der Waals surface area contributed by atoms with Gasteiger partial charge in [-0.25, -0.2) is 14.1 Å². The van der Waals surface area contributed by atoms with Gasteiger partial charge < -0.3 is 14.2 Å². The van der Waals surface area contributed by atoms with Crippen molar-refractivity contribution in [2.75, 3.05) is 21.3 Å². The molecule has 0 atom stereocenters. The van der Waals surface area contributed by atoms with Crippen molar-refractivity contribution in [2.45, 2.75) is 6.54 Å². The van der Waals surface area contributed by atoms with Crippen molar-refractivity contribution >= 4 is 23.2 Å². The largest absolute Gasteiger partial charge is 0.493 e. The van der Waals surface area contributed by atoms with Gasteiger partial charge in [-0.15, -0.1) is 0 Å². The summed E-state index contributed by atoms with van der Waals surface area (Å²) in [5, 5.41) is 4.50. The first kappa shape index (κ1) is 19.3. The molecule has 9 heteroatoms. The van der Waals surface area contributed by atoms with Crippen LogP contribution in [0.15, 0.2) is 30.6 Å². The molecule has 6 nitrogen and oxygen atoms in total. The molecule has 0 N–H and O–H groups in total. The monoisotopic (exact) mass is 411 g/mol.